The first-order valence-electron chi connectivity index (χ1n) is 5.69. The van der Waals surface area contributed by atoms with Crippen LogP contribution in [0.3, 0.4) is 0 Å². The normalized spacial score (nSPS) is 20.3. The Balaban J connectivity index is 2.38. The Kier molecular flexibility index (Phi) is 3.69. The van der Waals surface area contributed by atoms with Gasteiger partial charge in [0.2, 0.25) is 0 Å². The third-order valence-electron chi connectivity index (χ3n) is 2.91. The van der Waals surface area contributed by atoms with Crippen molar-refractivity contribution >= 4 is 27.3 Å². The number of carboxylic acids is 1. The minimum Gasteiger partial charge on any atom is -0.477 e. The predicted molar refractivity (Wildman–Crippen MR) is 70.1 cm³/mol. The van der Waals surface area contributed by atoms with Crippen molar-refractivity contribution in [1.82, 2.24) is 4.31 Å². The number of nitrogens with zero attached hydrogens (tertiary/aromatic N) is 1. The van der Waals surface area contributed by atoms with Crippen LogP contribution in [0.2, 0.25) is 0 Å². The van der Waals surface area contributed by atoms with Crippen molar-refractivity contribution in [2.24, 2.45) is 0 Å². The number of ether oxygens (including phenoxy) is 1. The molecule has 8 heteroatoms. The molecule has 0 saturated carbocycles. The molecule has 0 aromatic carbocycles. The zero-order chi connectivity index (χ0) is 14.3. The lowest BCUT2D eigenvalue weighted by molar-refractivity contribution is -0.00761. The Labute approximate surface area is 115 Å². The predicted octanol–water partition coefficient (Wildman–Crippen LogP) is 1.25. The summed E-state index contributed by atoms with van der Waals surface area (Å²) in [6, 6.07) is 2.66. The van der Waals surface area contributed by atoms with Crippen molar-refractivity contribution in [3.63, 3.8) is 0 Å². The number of carboxylic acid groups (broad SMARTS) is 1. The van der Waals surface area contributed by atoms with Gasteiger partial charge in [-0.1, -0.05) is 0 Å². The van der Waals surface area contributed by atoms with Crippen molar-refractivity contribution in [1.29, 1.82) is 0 Å². The summed E-state index contributed by atoms with van der Waals surface area (Å²) < 4.78 is 31.8. The summed E-state index contributed by atoms with van der Waals surface area (Å²) in [4.78, 5) is 10.8. The monoisotopic (exact) mass is 305 g/mol. The van der Waals surface area contributed by atoms with Crippen LogP contribution in [0.1, 0.15) is 23.5 Å². The summed E-state index contributed by atoms with van der Waals surface area (Å²) in [5.74, 6) is -1.12. The van der Waals surface area contributed by atoms with Gasteiger partial charge in [0.1, 0.15) is 9.09 Å². The number of thiophene rings is 1. The van der Waals surface area contributed by atoms with Gasteiger partial charge < -0.3 is 9.84 Å². The van der Waals surface area contributed by atoms with E-state index in [2.05, 4.69) is 0 Å². The number of aromatic carboxylic acids is 1. The van der Waals surface area contributed by atoms with Gasteiger partial charge in [-0.25, -0.2) is 13.2 Å². The summed E-state index contributed by atoms with van der Waals surface area (Å²) in [7, 11) is -3.67. The molecule has 19 heavy (non-hydrogen) atoms. The average Bonchev–Trinajstić information content (AvgIpc) is 2.77. The summed E-state index contributed by atoms with van der Waals surface area (Å²) >= 11 is 0.772. The maximum absolute atomic E-state index is 12.5. The Hall–Kier alpha value is -0.960. The van der Waals surface area contributed by atoms with Gasteiger partial charge in [0, 0.05) is 6.54 Å². The Morgan fingerprint density at radius 1 is 1.47 bits per heavy atom. The molecule has 1 saturated heterocycles. The van der Waals surface area contributed by atoms with Crippen LogP contribution in [0.5, 0.6) is 0 Å². The number of rotatable bonds is 3. The fourth-order valence-electron chi connectivity index (χ4n) is 1.97. The quantitative estimate of drug-likeness (QED) is 0.908. The van der Waals surface area contributed by atoms with E-state index in [1.54, 1.807) is 13.8 Å². The van der Waals surface area contributed by atoms with Gasteiger partial charge in [-0.15, -0.1) is 11.3 Å². The molecule has 2 heterocycles. The highest BCUT2D eigenvalue weighted by atomic mass is 32.2. The topological polar surface area (TPSA) is 83.9 Å². The van der Waals surface area contributed by atoms with Crippen molar-refractivity contribution in [3.05, 3.63) is 17.0 Å². The first kappa shape index (κ1) is 14.4. The molecule has 0 atom stereocenters. The lowest BCUT2D eigenvalue weighted by atomic mass is 10.1. The fraction of sp³-hybridized carbons (Fsp3) is 0.545. The molecule has 0 unspecified atom stereocenters. The molecule has 1 aliphatic heterocycles. The number of carbonyl (C=O) groups is 1. The van der Waals surface area contributed by atoms with Gasteiger partial charge >= 0.3 is 5.97 Å². The zero-order valence-electron chi connectivity index (χ0n) is 10.6. The lowest BCUT2D eigenvalue weighted by Crippen LogP contribution is -2.55. The second-order valence-corrected chi connectivity index (χ2v) is 8.04. The third kappa shape index (κ3) is 2.66. The number of sulfonamides is 1. The molecule has 0 radical (unpaired) electrons. The van der Waals surface area contributed by atoms with Gasteiger partial charge in [-0.2, -0.15) is 4.31 Å². The van der Waals surface area contributed by atoms with Crippen LogP contribution < -0.4 is 0 Å². The van der Waals surface area contributed by atoms with Crippen LogP contribution in [0.25, 0.3) is 0 Å². The molecule has 1 aromatic rings. The summed E-state index contributed by atoms with van der Waals surface area (Å²) in [5, 5.41) is 8.86. The van der Waals surface area contributed by atoms with E-state index in [0.717, 1.165) is 11.3 Å². The molecule has 0 bridgehead atoms. The first-order valence-corrected chi connectivity index (χ1v) is 7.94. The van der Waals surface area contributed by atoms with Crippen LogP contribution in [0.4, 0.5) is 0 Å². The van der Waals surface area contributed by atoms with Gasteiger partial charge in [-0.3, -0.25) is 0 Å². The second kappa shape index (κ2) is 4.86. The van der Waals surface area contributed by atoms with E-state index in [1.807, 2.05) is 0 Å². The summed E-state index contributed by atoms with van der Waals surface area (Å²) in [6.45, 7) is 4.52. The highest BCUT2D eigenvalue weighted by molar-refractivity contribution is 7.91. The molecule has 0 aliphatic carbocycles. The largest absolute Gasteiger partial charge is 0.477 e. The van der Waals surface area contributed by atoms with E-state index >= 15 is 0 Å². The number of morpholine rings is 1. The Bertz CT molecular complexity index is 590. The van der Waals surface area contributed by atoms with E-state index in [-0.39, 0.29) is 15.6 Å². The zero-order valence-corrected chi connectivity index (χ0v) is 12.3. The van der Waals surface area contributed by atoms with Crippen molar-refractivity contribution in [2.75, 3.05) is 19.8 Å². The number of hydrogen-bond acceptors (Lipinski definition) is 5. The SMILES string of the molecule is CC1(C)COCCN1S(=O)(=O)c1ccc(C(=O)O)s1. The maximum atomic E-state index is 12.5. The smallest absolute Gasteiger partial charge is 0.345 e. The molecule has 106 valence electrons. The molecule has 1 fully saturated rings. The summed E-state index contributed by atoms with van der Waals surface area (Å²) in [6.07, 6.45) is 0. The Morgan fingerprint density at radius 3 is 2.68 bits per heavy atom. The van der Waals surface area contributed by atoms with E-state index < -0.39 is 21.5 Å². The van der Waals surface area contributed by atoms with Crippen molar-refractivity contribution in [2.45, 2.75) is 23.6 Å². The second-order valence-electron chi connectivity index (χ2n) is 4.87. The van der Waals surface area contributed by atoms with Gasteiger partial charge in [0.25, 0.3) is 10.0 Å². The molecule has 2 rings (SSSR count). The highest BCUT2D eigenvalue weighted by Crippen LogP contribution is 2.31. The maximum Gasteiger partial charge on any atom is 0.345 e. The summed E-state index contributed by atoms with van der Waals surface area (Å²) in [5.41, 5.74) is -0.634. The molecule has 1 aromatic heterocycles. The van der Waals surface area contributed by atoms with Crippen molar-refractivity contribution < 1.29 is 23.1 Å². The standard InChI is InChI=1S/C11H15NO5S2/c1-11(2)7-17-6-5-12(11)19(15,16)9-4-3-8(18-9)10(13)14/h3-4H,5-7H2,1-2H3,(H,13,14). The molecule has 6 nitrogen and oxygen atoms in total. The van der Waals surface area contributed by atoms with Crippen LogP contribution in [0, 0.1) is 0 Å². The third-order valence-corrected chi connectivity index (χ3v) is 6.56. The highest BCUT2D eigenvalue weighted by Gasteiger charge is 2.40. The minimum atomic E-state index is -3.67. The van der Waals surface area contributed by atoms with Crippen molar-refractivity contribution in [3.8, 4) is 0 Å². The molecule has 0 spiro atoms. The molecular weight excluding hydrogens is 290 g/mol. The Morgan fingerprint density at radius 2 is 2.16 bits per heavy atom. The van der Waals surface area contributed by atoms with E-state index in [0.29, 0.717) is 13.2 Å². The average molecular weight is 305 g/mol. The first-order chi connectivity index (χ1) is 8.75. The number of hydrogen-bond donors (Lipinski definition) is 1. The van der Waals surface area contributed by atoms with Gasteiger partial charge in [-0.05, 0) is 26.0 Å². The minimum absolute atomic E-state index is 0.0182. The van der Waals surface area contributed by atoms with Crippen LogP contribution in [0.15, 0.2) is 16.3 Å². The fourth-order valence-corrected chi connectivity index (χ4v) is 4.98. The van der Waals surface area contributed by atoms with Crippen LogP contribution in [-0.4, -0.2) is 49.1 Å². The van der Waals surface area contributed by atoms with E-state index in [1.165, 1.54) is 16.4 Å². The van der Waals surface area contributed by atoms with Gasteiger partial charge in [0.05, 0.1) is 18.8 Å². The lowest BCUT2D eigenvalue weighted by Gasteiger charge is -2.40. The van der Waals surface area contributed by atoms with E-state index in [4.69, 9.17) is 9.84 Å². The van der Waals surface area contributed by atoms with E-state index in [9.17, 15) is 13.2 Å². The molecular formula is C11H15NO5S2. The van der Waals surface area contributed by atoms with Crippen LogP contribution >= 0.6 is 11.3 Å². The molecule has 0 amide bonds. The van der Waals surface area contributed by atoms with Crippen LogP contribution in [-0.2, 0) is 14.8 Å². The van der Waals surface area contributed by atoms with Gasteiger partial charge in [0.15, 0.2) is 0 Å². The molecule has 1 N–H and O–H groups in total. The molecule has 1 aliphatic rings.